The molecule has 0 aromatic heterocycles. The van der Waals surface area contributed by atoms with Crippen LogP contribution in [0.4, 0.5) is 13.2 Å². The largest absolute Gasteiger partial charge is 0.411 e. The van der Waals surface area contributed by atoms with Crippen LogP contribution < -0.4 is 10.6 Å². The maximum absolute atomic E-state index is 11.7. The maximum atomic E-state index is 11.7. The normalized spacial score (nSPS) is 24.2. The van der Waals surface area contributed by atoms with E-state index < -0.39 is 24.3 Å². The number of aliphatic hydroxyl groups is 1. The van der Waals surface area contributed by atoms with Gasteiger partial charge in [0.1, 0.15) is 6.61 Å². The Hall–Kier alpha value is -0.860. The molecular formula is C10H17F3N2O3. The number of rotatable bonds is 6. The zero-order valence-corrected chi connectivity index (χ0v) is 9.85. The molecule has 0 radical (unpaired) electrons. The van der Waals surface area contributed by atoms with Gasteiger partial charge in [0.15, 0.2) is 0 Å². The average Bonchev–Trinajstić information content (AvgIpc) is 2.68. The molecular weight excluding hydrogens is 253 g/mol. The summed E-state index contributed by atoms with van der Waals surface area (Å²) >= 11 is 0. The third-order valence-corrected chi connectivity index (χ3v) is 2.57. The first-order valence-corrected chi connectivity index (χ1v) is 5.65. The Morgan fingerprint density at radius 1 is 1.50 bits per heavy atom. The molecule has 1 amide bonds. The fourth-order valence-corrected chi connectivity index (χ4v) is 1.59. The van der Waals surface area contributed by atoms with Crippen LogP contribution in [0.5, 0.6) is 0 Å². The second-order valence-corrected chi connectivity index (χ2v) is 4.35. The van der Waals surface area contributed by atoms with Gasteiger partial charge in [-0.1, -0.05) is 0 Å². The quantitative estimate of drug-likeness (QED) is 0.584. The van der Waals surface area contributed by atoms with Crippen LogP contribution in [-0.4, -0.2) is 55.6 Å². The topological polar surface area (TPSA) is 70.6 Å². The van der Waals surface area contributed by atoms with Crippen molar-refractivity contribution in [2.45, 2.75) is 24.6 Å². The van der Waals surface area contributed by atoms with Gasteiger partial charge < -0.3 is 20.5 Å². The van der Waals surface area contributed by atoms with Gasteiger partial charge in [-0.15, -0.1) is 0 Å². The SMILES string of the molecule is O=C(CCOCC(F)(F)F)NCC1(O)CCNC1. The van der Waals surface area contributed by atoms with Gasteiger partial charge in [-0.3, -0.25) is 4.79 Å². The van der Waals surface area contributed by atoms with E-state index in [-0.39, 0.29) is 19.6 Å². The smallest absolute Gasteiger partial charge is 0.387 e. The van der Waals surface area contributed by atoms with Gasteiger partial charge in [-0.2, -0.15) is 13.2 Å². The molecule has 1 aliphatic heterocycles. The molecule has 0 saturated carbocycles. The van der Waals surface area contributed by atoms with Crippen molar-refractivity contribution in [1.82, 2.24) is 10.6 Å². The Bertz CT molecular complexity index is 278. The van der Waals surface area contributed by atoms with Crippen LogP contribution in [0.3, 0.4) is 0 Å². The minimum atomic E-state index is -4.37. The van der Waals surface area contributed by atoms with Crippen LogP contribution in [0.2, 0.25) is 0 Å². The number of amides is 1. The van der Waals surface area contributed by atoms with Crippen molar-refractivity contribution in [2.75, 3.05) is 32.8 Å². The Labute approximate surface area is 103 Å². The molecule has 0 aromatic rings. The van der Waals surface area contributed by atoms with E-state index in [1.54, 1.807) is 0 Å². The molecule has 5 nitrogen and oxygen atoms in total. The van der Waals surface area contributed by atoms with Gasteiger partial charge >= 0.3 is 6.18 Å². The van der Waals surface area contributed by atoms with Crippen LogP contribution >= 0.6 is 0 Å². The summed E-state index contributed by atoms with van der Waals surface area (Å²) in [6.07, 6.45) is -3.99. The van der Waals surface area contributed by atoms with E-state index in [0.29, 0.717) is 19.5 Å². The van der Waals surface area contributed by atoms with Gasteiger partial charge in [0.2, 0.25) is 5.91 Å². The number of ether oxygens (including phenoxy) is 1. The lowest BCUT2D eigenvalue weighted by atomic mass is 10.0. The molecule has 1 saturated heterocycles. The number of nitrogens with one attached hydrogen (secondary N) is 2. The molecule has 1 atom stereocenters. The molecule has 0 spiro atoms. The van der Waals surface area contributed by atoms with E-state index in [4.69, 9.17) is 0 Å². The monoisotopic (exact) mass is 270 g/mol. The third-order valence-electron chi connectivity index (χ3n) is 2.57. The number of carbonyl (C=O) groups excluding carboxylic acids is 1. The molecule has 3 N–H and O–H groups in total. The first-order valence-electron chi connectivity index (χ1n) is 5.65. The number of hydrogen-bond donors (Lipinski definition) is 3. The molecule has 1 unspecified atom stereocenters. The maximum Gasteiger partial charge on any atom is 0.411 e. The first kappa shape index (κ1) is 15.2. The molecule has 18 heavy (non-hydrogen) atoms. The third kappa shape index (κ3) is 6.18. The van der Waals surface area contributed by atoms with Crippen LogP contribution in [0.25, 0.3) is 0 Å². The van der Waals surface area contributed by atoms with E-state index in [2.05, 4.69) is 15.4 Å². The average molecular weight is 270 g/mol. The van der Waals surface area contributed by atoms with Gasteiger partial charge in [-0.25, -0.2) is 0 Å². The lowest BCUT2D eigenvalue weighted by molar-refractivity contribution is -0.174. The van der Waals surface area contributed by atoms with E-state index in [0.717, 1.165) is 0 Å². The van der Waals surface area contributed by atoms with Crippen LogP contribution in [0.15, 0.2) is 0 Å². The van der Waals surface area contributed by atoms with Crippen LogP contribution in [-0.2, 0) is 9.53 Å². The summed E-state index contributed by atoms with van der Waals surface area (Å²) in [5, 5.41) is 15.3. The fourth-order valence-electron chi connectivity index (χ4n) is 1.59. The molecule has 8 heteroatoms. The highest BCUT2D eigenvalue weighted by atomic mass is 19.4. The molecule has 1 rings (SSSR count). The molecule has 1 fully saturated rings. The molecule has 1 aliphatic rings. The molecule has 1 heterocycles. The summed E-state index contributed by atoms with van der Waals surface area (Å²) in [4.78, 5) is 11.3. The van der Waals surface area contributed by atoms with Crippen molar-refractivity contribution in [3.8, 4) is 0 Å². The summed E-state index contributed by atoms with van der Waals surface area (Å²) in [7, 11) is 0. The van der Waals surface area contributed by atoms with Crippen molar-refractivity contribution < 1.29 is 27.8 Å². The molecule has 0 aliphatic carbocycles. The summed E-state index contributed by atoms with van der Waals surface area (Å²) in [6, 6.07) is 0. The Balaban J connectivity index is 2.07. The first-order chi connectivity index (χ1) is 8.31. The Kier molecular flexibility index (Phi) is 5.36. The summed E-state index contributed by atoms with van der Waals surface area (Å²) < 4.78 is 39.5. The second kappa shape index (κ2) is 6.35. The highest BCUT2D eigenvalue weighted by Gasteiger charge is 2.31. The van der Waals surface area contributed by atoms with Gasteiger partial charge in [0, 0.05) is 19.5 Å². The zero-order valence-electron chi connectivity index (χ0n) is 9.85. The lowest BCUT2D eigenvalue weighted by Crippen LogP contribution is -2.44. The van der Waals surface area contributed by atoms with Crippen LogP contribution in [0.1, 0.15) is 12.8 Å². The Morgan fingerprint density at radius 3 is 2.78 bits per heavy atom. The van der Waals surface area contributed by atoms with Crippen LogP contribution in [0, 0.1) is 0 Å². The minimum absolute atomic E-state index is 0.0953. The van der Waals surface area contributed by atoms with Crippen molar-refractivity contribution in [3.63, 3.8) is 0 Å². The van der Waals surface area contributed by atoms with Crippen molar-refractivity contribution in [2.24, 2.45) is 0 Å². The molecule has 0 bridgehead atoms. The second-order valence-electron chi connectivity index (χ2n) is 4.35. The lowest BCUT2D eigenvalue weighted by Gasteiger charge is -2.21. The Morgan fingerprint density at radius 2 is 2.22 bits per heavy atom. The highest BCUT2D eigenvalue weighted by Crippen LogP contribution is 2.14. The molecule has 106 valence electrons. The number of halogens is 3. The standard InChI is InChI=1S/C10H17F3N2O3/c11-10(12,13)7-18-4-1-8(16)15-6-9(17)2-3-14-5-9/h14,17H,1-7H2,(H,15,16). The minimum Gasteiger partial charge on any atom is -0.387 e. The van der Waals surface area contributed by atoms with Gasteiger partial charge in [0.05, 0.1) is 12.2 Å². The van der Waals surface area contributed by atoms with Gasteiger partial charge in [-0.05, 0) is 13.0 Å². The summed E-state index contributed by atoms with van der Waals surface area (Å²) in [5.41, 5.74) is -0.956. The molecule has 0 aromatic carbocycles. The zero-order chi connectivity index (χ0) is 13.6. The van der Waals surface area contributed by atoms with E-state index in [1.165, 1.54) is 0 Å². The predicted octanol–water partition coefficient (Wildman–Crippen LogP) is -0.204. The van der Waals surface area contributed by atoms with Crippen molar-refractivity contribution in [1.29, 1.82) is 0 Å². The summed E-state index contributed by atoms with van der Waals surface area (Å²) in [5.74, 6) is -0.433. The van der Waals surface area contributed by atoms with E-state index in [1.807, 2.05) is 0 Å². The fraction of sp³-hybridized carbons (Fsp3) is 0.900. The number of carbonyl (C=O) groups is 1. The number of alkyl halides is 3. The van der Waals surface area contributed by atoms with E-state index in [9.17, 15) is 23.1 Å². The van der Waals surface area contributed by atoms with Crippen molar-refractivity contribution >= 4 is 5.91 Å². The van der Waals surface area contributed by atoms with E-state index >= 15 is 0 Å². The predicted molar refractivity (Wildman–Crippen MR) is 56.9 cm³/mol. The van der Waals surface area contributed by atoms with Gasteiger partial charge in [0.25, 0.3) is 0 Å². The summed E-state index contributed by atoms with van der Waals surface area (Å²) in [6.45, 7) is -0.465. The number of hydrogen-bond acceptors (Lipinski definition) is 4. The van der Waals surface area contributed by atoms with Crippen molar-refractivity contribution in [3.05, 3.63) is 0 Å². The number of β-amino-alcohol motifs (C(OH)–C–C–N with tert-alkyl or cyclic N) is 1. The highest BCUT2D eigenvalue weighted by molar-refractivity contribution is 5.76.